The molecule has 7 heteroatoms. The van der Waals surface area contributed by atoms with Crippen molar-refractivity contribution in [3.63, 3.8) is 0 Å². The van der Waals surface area contributed by atoms with Crippen molar-refractivity contribution in [1.82, 2.24) is 9.71 Å². The number of sulfonamides is 1. The van der Waals surface area contributed by atoms with Gasteiger partial charge in [0.25, 0.3) is 0 Å². The number of hydrogen-bond donors (Lipinski definition) is 2. The van der Waals surface area contributed by atoms with Gasteiger partial charge in [0.1, 0.15) is 5.69 Å². The number of nitrogens with zero attached hydrogens (tertiary/aromatic N) is 1. The maximum absolute atomic E-state index is 11.1. The number of carbonyl (C=O) groups is 1. The van der Waals surface area contributed by atoms with Gasteiger partial charge in [-0.05, 0) is 18.6 Å². The molecule has 1 aromatic heterocycles. The Morgan fingerprint density at radius 1 is 1.50 bits per heavy atom. The van der Waals surface area contributed by atoms with Crippen molar-refractivity contribution < 1.29 is 18.3 Å². The fourth-order valence-corrected chi connectivity index (χ4v) is 1.54. The maximum Gasteiger partial charge on any atom is 0.354 e. The second-order valence-corrected chi connectivity index (χ2v) is 5.18. The molecule has 0 spiro atoms. The minimum atomic E-state index is -3.24. The Morgan fingerprint density at radius 3 is 2.62 bits per heavy atom. The zero-order valence-corrected chi connectivity index (χ0v) is 9.49. The molecule has 6 nitrogen and oxygen atoms in total. The first kappa shape index (κ1) is 12.6. The fraction of sp³-hybridized carbons (Fsp3) is 0.333. The van der Waals surface area contributed by atoms with Gasteiger partial charge in [-0.2, -0.15) is 0 Å². The molecule has 0 aliphatic carbocycles. The second kappa shape index (κ2) is 5.04. The van der Waals surface area contributed by atoms with Crippen LogP contribution in [-0.2, 0) is 16.6 Å². The van der Waals surface area contributed by atoms with Crippen LogP contribution in [0, 0.1) is 0 Å². The number of aromatic carboxylic acids is 1. The summed E-state index contributed by atoms with van der Waals surface area (Å²) in [6.45, 7) is 1.65. The summed E-state index contributed by atoms with van der Waals surface area (Å²) in [7, 11) is -3.24. The molecule has 0 unspecified atom stereocenters. The molecule has 2 N–H and O–H groups in total. The Morgan fingerprint density at radius 2 is 2.19 bits per heavy atom. The van der Waals surface area contributed by atoms with E-state index >= 15 is 0 Å². The molecule has 1 heterocycles. The van der Waals surface area contributed by atoms with Crippen LogP contribution in [0.4, 0.5) is 0 Å². The van der Waals surface area contributed by atoms with E-state index < -0.39 is 16.0 Å². The molecule has 0 amide bonds. The summed E-state index contributed by atoms with van der Waals surface area (Å²) >= 11 is 0. The zero-order valence-electron chi connectivity index (χ0n) is 8.67. The Hall–Kier alpha value is -1.47. The lowest BCUT2D eigenvalue weighted by atomic mass is 10.2. The smallest absolute Gasteiger partial charge is 0.354 e. The molecule has 1 rings (SSSR count). The molecular formula is C9H12N2O4S. The van der Waals surface area contributed by atoms with Crippen LogP contribution in [-0.4, -0.2) is 30.2 Å². The normalized spacial score (nSPS) is 11.3. The van der Waals surface area contributed by atoms with Gasteiger partial charge in [-0.15, -0.1) is 0 Å². The summed E-state index contributed by atoms with van der Waals surface area (Å²) in [5, 5.41) is 8.60. The number of carboxylic acid groups (broad SMARTS) is 1. The van der Waals surface area contributed by atoms with Gasteiger partial charge < -0.3 is 5.11 Å². The highest BCUT2D eigenvalue weighted by molar-refractivity contribution is 7.89. The largest absolute Gasteiger partial charge is 0.477 e. The highest BCUT2D eigenvalue weighted by atomic mass is 32.2. The van der Waals surface area contributed by atoms with E-state index in [-0.39, 0.29) is 18.0 Å². The third-order valence-corrected chi connectivity index (χ3v) is 3.26. The molecule has 0 aliphatic heterocycles. The fourth-order valence-electron chi connectivity index (χ4n) is 0.951. The average molecular weight is 244 g/mol. The Kier molecular flexibility index (Phi) is 3.97. The third kappa shape index (κ3) is 3.59. The lowest BCUT2D eigenvalue weighted by molar-refractivity contribution is 0.0690. The highest BCUT2D eigenvalue weighted by Gasteiger charge is 2.07. The molecule has 0 saturated heterocycles. The van der Waals surface area contributed by atoms with E-state index in [2.05, 4.69) is 9.71 Å². The van der Waals surface area contributed by atoms with Gasteiger partial charge in [0.05, 0.1) is 5.75 Å². The quantitative estimate of drug-likeness (QED) is 0.772. The molecule has 16 heavy (non-hydrogen) atoms. The van der Waals surface area contributed by atoms with E-state index in [0.717, 1.165) is 0 Å². The van der Waals surface area contributed by atoms with Crippen molar-refractivity contribution in [1.29, 1.82) is 0 Å². The number of rotatable bonds is 5. The highest BCUT2D eigenvalue weighted by Crippen LogP contribution is 2.00. The minimum Gasteiger partial charge on any atom is -0.477 e. The van der Waals surface area contributed by atoms with Gasteiger partial charge in [-0.1, -0.05) is 6.07 Å². The van der Waals surface area contributed by atoms with Crippen LogP contribution in [0.3, 0.4) is 0 Å². The van der Waals surface area contributed by atoms with Crippen LogP contribution < -0.4 is 4.72 Å². The maximum atomic E-state index is 11.1. The van der Waals surface area contributed by atoms with Crippen molar-refractivity contribution in [2.75, 3.05) is 5.75 Å². The summed E-state index contributed by atoms with van der Waals surface area (Å²) in [5.41, 5.74) is 0.545. The van der Waals surface area contributed by atoms with Gasteiger partial charge in [0.2, 0.25) is 10.0 Å². The van der Waals surface area contributed by atoms with Gasteiger partial charge in [0, 0.05) is 12.7 Å². The van der Waals surface area contributed by atoms with Crippen LogP contribution in [0.2, 0.25) is 0 Å². The van der Waals surface area contributed by atoms with Crippen LogP contribution in [0.15, 0.2) is 18.3 Å². The van der Waals surface area contributed by atoms with Gasteiger partial charge in [-0.25, -0.2) is 22.9 Å². The average Bonchev–Trinajstić information content (AvgIpc) is 2.27. The summed E-state index contributed by atoms with van der Waals surface area (Å²) in [5.74, 6) is -1.10. The summed E-state index contributed by atoms with van der Waals surface area (Å²) in [4.78, 5) is 14.2. The Balaban J connectivity index is 2.66. The standard InChI is InChI=1S/C9H12N2O4S/c1-2-16(14,15)11-6-7-3-4-8(9(12)13)10-5-7/h3-5,11H,2,6H2,1H3,(H,12,13). The predicted octanol–water partition coefficient (Wildman–Crippen LogP) is 0.219. The summed E-state index contributed by atoms with van der Waals surface area (Å²) in [6, 6.07) is 2.85. The number of carboxylic acids is 1. The molecule has 1 aromatic rings. The van der Waals surface area contributed by atoms with Crippen molar-refractivity contribution >= 4 is 16.0 Å². The van der Waals surface area contributed by atoms with Crippen LogP contribution in [0.5, 0.6) is 0 Å². The SMILES string of the molecule is CCS(=O)(=O)NCc1ccc(C(=O)O)nc1. The lowest BCUT2D eigenvalue weighted by Gasteiger charge is -2.04. The van der Waals surface area contributed by atoms with Crippen molar-refractivity contribution in [3.8, 4) is 0 Å². The molecule has 0 bridgehead atoms. The topological polar surface area (TPSA) is 96.4 Å². The number of aromatic nitrogens is 1. The Bertz CT molecular complexity index is 467. The first-order chi connectivity index (χ1) is 7.44. The second-order valence-electron chi connectivity index (χ2n) is 3.08. The molecule has 0 saturated carbocycles. The van der Waals surface area contributed by atoms with E-state index in [4.69, 9.17) is 5.11 Å². The van der Waals surface area contributed by atoms with Crippen LogP contribution in [0.1, 0.15) is 23.0 Å². The van der Waals surface area contributed by atoms with E-state index in [1.165, 1.54) is 25.3 Å². The van der Waals surface area contributed by atoms with Crippen LogP contribution >= 0.6 is 0 Å². The molecule has 88 valence electrons. The number of nitrogens with one attached hydrogen (secondary N) is 1. The predicted molar refractivity (Wildman–Crippen MR) is 57.5 cm³/mol. The van der Waals surface area contributed by atoms with E-state index in [1.54, 1.807) is 0 Å². The van der Waals surface area contributed by atoms with E-state index in [0.29, 0.717) is 5.56 Å². The molecule has 0 fully saturated rings. The molecule has 0 radical (unpaired) electrons. The third-order valence-electron chi connectivity index (χ3n) is 1.92. The van der Waals surface area contributed by atoms with E-state index in [9.17, 15) is 13.2 Å². The molecular weight excluding hydrogens is 232 g/mol. The number of pyridine rings is 1. The van der Waals surface area contributed by atoms with Gasteiger partial charge in [-0.3, -0.25) is 0 Å². The van der Waals surface area contributed by atoms with Gasteiger partial charge in [0.15, 0.2) is 0 Å². The van der Waals surface area contributed by atoms with E-state index in [1.807, 2.05) is 0 Å². The van der Waals surface area contributed by atoms with Gasteiger partial charge >= 0.3 is 5.97 Å². The zero-order chi connectivity index (χ0) is 12.2. The molecule has 0 aromatic carbocycles. The van der Waals surface area contributed by atoms with Crippen LogP contribution in [0.25, 0.3) is 0 Å². The number of hydrogen-bond acceptors (Lipinski definition) is 4. The van der Waals surface area contributed by atoms with Crippen molar-refractivity contribution in [3.05, 3.63) is 29.6 Å². The molecule has 0 aliphatic rings. The van der Waals surface area contributed by atoms with Crippen molar-refractivity contribution in [2.24, 2.45) is 0 Å². The Labute approximate surface area is 93.4 Å². The minimum absolute atomic E-state index is 0.00758. The monoisotopic (exact) mass is 244 g/mol. The first-order valence-corrected chi connectivity index (χ1v) is 6.25. The first-order valence-electron chi connectivity index (χ1n) is 4.60. The summed E-state index contributed by atoms with van der Waals surface area (Å²) < 4.78 is 24.6. The van der Waals surface area contributed by atoms with Crippen molar-refractivity contribution in [2.45, 2.75) is 13.5 Å². The molecule has 0 atom stereocenters. The summed E-state index contributed by atoms with van der Waals surface area (Å²) in [6.07, 6.45) is 1.33. The lowest BCUT2D eigenvalue weighted by Crippen LogP contribution is -2.24.